The molecule has 0 aliphatic carbocycles. The van der Waals surface area contributed by atoms with Gasteiger partial charge in [0.2, 0.25) is 0 Å². The first-order valence-electron chi connectivity index (χ1n) is 4.50. The Morgan fingerprint density at radius 1 is 1.46 bits per heavy atom. The maximum atomic E-state index is 5.55. The van der Waals surface area contributed by atoms with Crippen molar-refractivity contribution in [3.05, 3.63) is 37.1 Å². The van der Waals surface area contributed by atoms with Crippen LogP contribution in [0, 0.1) is 6.92 Å². The fraction of sp³-hybridized carbons (Fsp3) is 0.273. The molecule has 0 fully saturated rings. The van der Waals surface area contributed by atoms with Gasteiger partial charge in [-0.1, -0.05) is 19.1 Å². The van der Waals surface area contributed by atoms with Crippen LogP contribution in [0.1, 0.15) is 25.2 Å². The van der Waals surface area contributed by atoms with Crippen LogP contribution in [0.4, 0.5) is 0 Å². The van der Waals surface area contributed by atoms with Crippen molar-refractivity contribution in [1.82, 2.24) is 4.98 Å². The highest BCUT2D eigenvalue weighted by atomic mass is 16.3. The number of para-hydroxylation sites is 2. The van der Waals surface area contributed by atoms with Crippen LogP contribution in [0.3, 0.4) is 0 Å². The van der Waals surface area contributed by atoms with Crippen LogP contribution in [-0.2, 0) is 0 Å². The van der Waals surface area contributed by atoms with E-state index in [9.17, 15) is 0 Å². The summed E-state index contributed by atoms with van der Waals surface area (Å²) in [6.07, 6.45) is 0.951. The monoisotopic (exact) mass is 174 g/mol. The lowest BCUT2D eigenvalue weighted by Crippen LogP contribution is -1.90. The van der Waals surface area contributed by atoms with Gasteiger partial charge in [0.05, 0.1) is 0 Å². The van der Waals surface area contributed by atoms with Crippen molar-refractivity contribution in [2.75, 3.05) is 0 Å². The largest absolute Gasteiger partial charge is 0.440 e. The standard InChI is InChI=1S/C11H12NO/c1-3-8(2)11-12-9-6-4-5-7-10(9)13-11/h4-8H,2-3H2,1H3. The molecule has 13 heavy (non-hydrogen) atoms. The number of oxazole rings is 1. The molecule has 0 saturated heterocycles. The summed E-state index contributed by atoms with van der Waals surface area (Å²) in [6.45, 7) is 6.04. The molecular formula is C11H12NO. The molecule has 1 heterocycles. The highest BCUT2D eigenvalue weighted by Gasteiger charge is 2.10. The van der Waals surface area contributed by atoms with Crippen LogP contribution >= 0.6 is 0 Å². The molecule has 0 aliphatic rings. The first-order chi connectivity index (χ1) is 6.31. The third-order valence-electron chi connectivity index (χ3n) is 2.15. The molecule has 0 aliphatic heterocycles. The maximum Gasteiger partial charge on any atom is 0.198 e. The fourth-order valence-electron chi connectivity index (χ4n) is 1.24. The molecule has 2 aromatic rings. The number of hydrogen-bond donors (Lipinski definition) is 0. The molecule has 0 N–H and O–H groups in total. The Labute approximate surface area is 77.6 Å². The van der Waals surface area contributed by atoms with Crippen molar-refractivity contribution in [2.45, 2.75) is 19.3 Å². The fourth-order valence-corrected chi connectivity index (χ4v) is 1.24. The smallest absolute Gasteiger partial charge is 0.198 e. The summed E-state index contributed by atoms with van der Waals surface area (Å²) in [4.78, 5) is 4.35. The molecule has 1 aromatic heterocycles. The van der Waals surface area contributed by atoms with Gasteiger partial charge in [-0.2, -0.15) is 0 Å². The average molecular weight is 174 g/mol. The highest BCUT2D eigenvalue weighted by Crippen LogP contribution is 2.22. The van der Waals surface area contributed by atoms with Gasteiger partial charge >= 0.3 is 0 Å². The van der Waals surface area contributed by atoms with Crippen LogP contribution in [0.15, 0.2) is 28.7 Å². The zero-order valence-corrected chi connectivity index (χ0v) is 7.66. The topological polar surface area (TPSA) is 26.0 Å². The van der Waals surface area contributed by atoms with E-state index in [1.165, 1.54) is 0 Å². The Hall–Kier alpha value is -1.31. The lowest BCUT2D eigenvalue weighted by atomic mass is 10.1. The zero-order chi connectivity index (χ0) is 9.26. The first-order valence-corrected chi connectivity index (χ1v) is 4.50. The van der Waals surface area contributed by atoms with Crippen molar-refractivity contribution in [3.8, 4) is 0 Å². The Balaban J connectivity index is 2.49. The third kappa shape index (κ3) is 1.44. The van der Waals surface area contributed by atoms with E-state index >= 15 is 0 Å². The summed E-state index contributed by atoms with van der Waals surface area (Å²) in [5.74, 6) is 0.899. The van der Waals surface area contributed by atoms with Crippen molar-refractivity contribution < 1.29 is 4.42 Å². The van der Waals surface area contributed by atoms with Gasteiger partial charge in [0, 0.05) is 5.92 Å². The van der Waals surface area contributed by atoms with E-state index in [0.29, 0.717) is 0 Å². The van der Waals surface area contributed by atoms with E-state index in [-0.39, 0.29) is 5.92 Å². The summed E-state index contributed by atoms with van der Waals surface area (Å²) >= 11 is 0. The Morgan fingerprint density at radius 2 is 2.23 bits per heavy atom. The van der Waals surface area contributed by atoms with Gasteiger partial charge in [-0.3, -0.25) is 0 Å². The van der Waals surface area contributed by atoms with Crippen molar-refractivity contribution in [2.24, 2.45) is 0 Å². The number of aromatic nitrogens is 1. The molecule has 1 aromatic carbocycles. The van der Waals surface area contributed by atoms with Crippen LogP contribution < -0.4 is 0 Å². The van der Waals surface area contributed by atoms with Gasteiger partial charge in [0.25, 0.3) is 0 Å². The second-order valence-electron chi connectivity index (χ2n) is 3.12. The average Bonchev–Trinajstić information content (AvgIpc) is 2.59. The van der Waals surface area contributed by atoms with Gasteiger partial charge in [-0.25, -0.2) is 4.98 Å². The molecule has 0 bridgehead atoms. The van der Waals surface area contributed by atoms with Crippen molar-refractivity contribution >= 4 is 11.1 Å². The SMILES string of the molecule is [CH2]C(CC)c1nc2ccccc2o1. The number of nitrogens with zero attached hydrogens (tertiary/aromatic N) is 1. The van der Waals surface area contributed by atoms with E-state index in [1.807, 2.05) is 24.3 Å². The second kappa shape index (κ2) is 3.21. The Bertz CT molecular complexity index is 372. The van der Waals surface area contributed by atoms with Gasteiger partial charge in [0.1, 0.15) is 5.52 Å². The zero-order valence-electron chi connectivity index (χ0n) is 7.66. The quantitative estimate of drug-likeness (QED) is 0.699. The third-order valence-corrected chi connectivity index (χ3v) is 2.15. The molecule has 2 nitrogen and oxygen atoms in total. The summed E-state index contributed by atoms with van der Waals surface area (Å²) in [5.41, 5.74) is 1.76. The van der Waals surface area contributed by atoms with Crippen molar-refractivity contribution in [1.29, 1.82) is 0 Å². The molecular weight excluding hydrogens is 162 g/mol. The Morgan fingerprint density at radius 3 is 2.92 bits per heavy atom. The number of fused-ring (bicyclic) bond motifs is 1. The second-order valence-corrected chi connectivity index (χ2v) is 3.12. The summed E-state index contributed by atoms with van der Waals surface area (Å²) in [7, 11) is 0. The molecule has 1 atom stereocenters. The minimum atomic E-state index is 0.160. The summed E-state index contributed by atoms with van der Waals surface area (Å²) in [5, 5.41) is 0. The molecule has 1 radical (unpaired) electrons. The number of benzene rings is 1. The predicted octanol–water partition coefficient (Wildman–Crippen LogP) is 3.16. The van der Waals surface area contributed by atoms with Gasteiger partial charge in [0.15, 0.2) is 11.5 Å². The lowest BCUT2D eigenvalue weighted by Gasteiger charge is -1.99. The molecule has 0 saturated carbocycles. The normalized spacial score (nSPS) is 13.4. The maximum absolute atomic E-state index is 5.55. The van der Waals surface area contributed by atoms with Crippen LogP contribution in [0.2, 0.25) is 0 Å². The molecule has 2 rings (SSSR count). The number of rotatable bonds is 2. The van der Waals surface area contributed by atoms with Crippen molar-refractivity contribution in [3.63, 3.8) is 0 Å². The van der Waals surface area contributed by atoms with E-state index in [0.717, 1.165) is 23.4 Å². The van der Waals surface area contributed by atoms with Crippen LogP contribution in [0.25, 0.3) is 11.1 Å². The first kappa shape index (κ1) is 8.30. The van der Waals surface area contributed by atoms with E-state index < -0.39 is 0 Å². The molecule has 2 heteroatoms. The van der Waals surface area contributed by atoms with Crippen LogP contribution in [-0.4, -0.2) is 4.98 Å². The lowest BCUT2D eigenvalue weighted by molar-refractivity contribution is 0.498. The predicted molar refractivity (Wildman–Crippen MR) is 52.4 cm³/mol. The number of hydrogen-bond acceptors (Lipinski definition) is 2. The van der Waals surface area contributed by atoms with E-state index in [1.54, 1.807) is 0 Å². The highest BCUT2D eigenvalue weighted by molar-refractivity contribution is 5.72. The van der Waals surface area contributed by atoms with E-state index in [2.05, 4.69) is 18.8 Å². The van der Waals surface area contributed by atoms with Gasteiger partial charge in [-0.15, -0.1) is 0 Å². The molecule has 0 spiro atoms. The minimum absolute atomic E-state index is 0.160. The summed E-state index contributed by atoms with van der Waals surface area (Å²) < 4.78 is 5.55. The molecule has 0 amide bonds. The molecule has 67 valence electrons. The minimum Gasteiger partial charge on any atom is -0.440 e. The molecule has 1 unspecified atom stereocenters. The van der Waals surface area contributed by atoms with Crippen LogP contribution in [0.5, 0.6) is 0 Å². The van der Waals surface area contributed by atoms with E-state index in [4.69, 9.17) is 4.42 Å². The van der Waals surface area contributed by atoms with Gasteiger partial charge in [-0.05, 0) is 25.5 Å². The van der Waals surface area contributed by atoms with Gasteiger partial charge < -0.3 is 4.42 Å². The Kier molecular flexibility index (Phi) is 2.05. The summed E-state index contributed by atoms with van der Waals surface area (Å²) in [6, 6.07) is 7.78.